The van der Waals surface area contributed by atoms with Crippen LogP contribution in [0.2, 0.25) is 0 Å². The van der Waals surface area contributed by atoms with Gasteiger partial charge in [-0.25, -0.2) is 9.97 Å². The van der Waals surface area contributed by atoms with E-state index in [1.165, 1.54) is 49.0 Å². The van der Waals surface area contributed by atoms with Gasteiger partial charge in [-0.3, -0.25) is 14.4 Å². The van der Waals surface area contributed by atoms with E-state index in [0.717, 1.165) is 41.0 Å². The van der Waals surface area contributed by atoms with Crippen molar-refractivity contribution in [2.24, 2.45) is 5.92 Å². The number of nitrogens with zero attached hydrogens (tertiary/aromatic N) is 3. The first-order valence-electron chi connectivity index (χ1n) is 17.4. The lowest BCUT2D eigenvalue weighted by Gasteiger charge is -2.39. The molecule has 49 heavy (non-hydrogen) atoms. The molecule has 2 amide bonds. The molecule has 0 unspecified atom stereocenters. The Kier molecular flexibility index (Phi) is 11.0. The summed E-state index contributed by atoms with van der Waals surface area (Å²) >= 11 is 0. The number of unbranched alkanes of at least 4 members (excludes halogenated alkanes) is 4. The monoisotopic (exact) mass is 660 g/mol. The van der Waals surface area contributed by atoms with E-state index in [0.29, 0.717) is 17.3 Å². The van der Waals surface area contributed by atoms with E-state index < -0.39 is 17.9 Å². The number of benzene rings is 3. The van der Waals surface area contributed by atoms with Crippen LogP contribution in [0.3, 0.4) is 0 Å². The molecule has 6 rings (SSSR count). The van der Waals surface area contributed by atoms with Gasteiger partial charge in [-0.2, -0.15) is 0 Å². The molecular weight excluding hydrogens is 616 g/mol. The van der Waals surface area contributed by atoms with Gasteiger partial charge in [0.15, 0.2) is 5.82 Å². The predicted octanol–water partition coefficient (Wildman–Crippen LogP) is 6.92. The van der Waals surface area contributed by atoms with Gasteiger partial charge >= 0.3 is 5.97 Å². The summed E-state index contributed by atoms with van der Waals surface area (Å²) in [5, 5.41) is 12.2. The Morgan fingerprint density at radius 1 is 0.837 bits per heavy atom. The molecule has 2 fully saturated rings. The maximum absolute atomic E-state index is 13.5. The third-order valence-electron chi connectivity index (χ3n) is 9.38. The van der Waals surface area contributed by atoms with Crippen LogP contribution in [0.1, 0.15) is 79.3 Å². The molecule has 254 valence electrons. The Morgan fingerprint density at radius 2 is 1.49 bits per heavy atom. The average molecular weight is 661 g/mol. The van der Waals surface area contributed by atoms with Crippen LogP contribution in [0.25, 0.3) is 22.5 Å². The van der Waals surface area contributed by atoms with E-state index in [9.17, 15) is 19.5 Å². The highest BCUT2D eigenvalue weighted by Crippen LogP contribution is 2.39. The Morgan fingerprint density at radius 3 is 2.12 bits per heavy atom. The zero-order valence-corrected chi connectivity index (χ0v) is 28.0. The summed E-state index contributed by atoms with van der Waals surface area (Å²) in [4.78, 5) is 48.7. The summed E-state index contributed by atoms with van der Waals surface area (Å²) in [6.45, 7) is 3.22. The van der Waals surface area contributed by atoms with Crippen molar-refractivity contribution in [1.29, 1.82) is 0 Å². The van der Waals surface area contributed by atoms with Gasteiger partial charge < -0.3 is 20.1 Å². The van der Waals surface area contributed by atoms with E-state index in [1.54, 1.807) is 24.5 Å². The molecule has 3 aromatic carbocycles. The first kappa shape index (κ1) is 33.8. The molecule has 2 heterocycles. The fourth-order valence-corrected chi connectivity index (χ4v) is 6.09. The number of aliphatic carboxylic acids is 1. The van der Waals surface area contributed by atoms with Crippen molar-refractivity contribution in [3.63, 3.8) is 0 Å². The minimum Gasteiger partial charge on any atom is -0.494 e. The Hall–Kier alpha value is -5.05. The van der Waals surface area contributed by atoms with Crippen molar-refractivity contribution >= 4 is 17.8 Å². The maximum Gasteiger partial charge on any atom is 0.310 e. The van der Waals surface area contributed by atoms with Gasteiger partial charge in [-0.1, -0.05) is 81.1 Å². The third-order valence-corrected chi connectivity index (χ3v) is 9.38. The van der Waals surface area contributed by atoms with Gasteiger partial charge in [0.05, 0.1) is 12.5 Å². The highest BCUT2D eigenvalue weighted by molar-refractivity contribution is 5.98. The van der Waals surface area contributed by atoms with Crippen LogP contribution >= 0.6 is 0 Å². The second kappa shape index (κ2) is 15.9. The molecule has 0 radical (unpaired) electrons. The smallest absolute Gasteiger partial charge is 0.310 e. The van der Waals surface area contributed by atoms with E-state index >= 15 is 0 Å². The fourth-order valence-electron chi connectivity index (χ4n) is 6.09. The van der Waals surface area contributed by atoms with Gasteiger partial charge in [-0.15, -0.1) is 0 Å². The van der Waals surface area contributed by atoms with Crippen LogP contribution in [0.15, 0.2) is 85.2 Å². The minimum absolute atomic E-state index is 0.139. The van der Waals surface area contributed by atoms with Crippen molar-refractivity contribution in [3.8, 4) is 28.3 Å². The summed E-state index contributed by atoms with van der Waals surface area (Å²) in [6.07, 6.45) is 12.3. The van der Waals surface area contributed by atoms with Gasteiger partial charge in [0.2, 0.25) is 5.91 Å². The van der Waals surface area contributed by atoms with Gasteiger partial charge in [0.1, 0.15) is 11.8 Å². The molecule has 2 N–H and O–H groups in total. The first-order chi connectivity index (χ1) is 23.9. The van der Waals surface area contributed by atoms with Gasteiger partial charge in [0, 0.05) is 48.6 Å². The first-order valence-corrected chi connectivity index (χ1v) is 17.4. The molecule has 2 aliphatic rings. The Labute approximate surface area is 287 Å². The highest BCUT2D eigenvalue weighted by atomic mass is 16.5. The molecular formula is C40H44N4O5. The number of carboxylic acids is 1. The lowest BCUT2D eigenvalue weighted by Crippen LogP contribution is -2.59. The lowest BCUT2D eigenvalue weighted by atomic mass is 9.96. The molecule has 1 aromatic heterocycles. The highest BCUT2D eigenvalue weighted by Gasteiger charge is 2.39. The third kappa shape index (κ3) is 8.90. The molecule has 1 atom stereocenters. The standard InChI is InChI=1S/C40H44N4O5/c1-2-3-4-5-6-21-49-35-19-17-30(18-20-35)33-23-41-37(42-24-33)31-9-7-27(8-10-31)22-36(39(46)44-25-34(26-44)40(47)48)43-38(45)32-15-13-29(14-16-32)28-11-12-28/h7-10,13-20,23-24,28,34,36H,2-6,11-12,21-22,25-26H2,1H3,(H,43,45)(H,47,48)/t36-/m0/s1. The molecule has 4 aromatic rings. The molecule has 0 spiro atoms. The summed E-state index contributed by atoms with van der Waals surface area (Å²) in [7, 11) is 0. The number of aromatic nitrogens is 2. The number of likely N-dealkylation sites (tertiary alicyclic amines) is 1. The number of carboxylic acid groups (broad SMARTS) is 1. The number of nitrogens with one attached hydrogen (secondary N) is 1. The number of hydrogen-bond acceptors (Lipinski definition) is 6. The zero-order chi connectivity index (χ0) is 34.2. The molecule has 9 heteroatoms. The van der Waals surface area contributed by atoms with E-state index in [2.05, 4.69) is 22.2 Å². The minimum atomic E-state index is -0.919. The number of rotatable bonds is 16. The van der Waals surface area contributed by atoms with Crippen LogP contribution < -0.4 is 10.1 Å². The molecule has 1 saturated heterocycles. The van der Waals surface area contributed by atoms with Crippen LogP contribution in [-0.4, -0.2) is 63.5 Å². The van der Waals surface area contributed by atoms with E-state index in [1.807, 2.05) is 60.7 Å². The number of ether oxygens (including phenoxy) is 1. The van der Waals surface area contributed by atoms with Crippen molar-refractivity contribution in [3.05, 3.63) is 102 Å². The van der Waals surface area contributed by atoms with Crippen LogP contribution in [0.5, 0.6) is 5.75 Å². The normalized spacial score (nSPS) is 14.9. The molecule has 9 nitrogen and oxygen atoms in total. The summed E-state index contributed by atoms with van der Waals surface area (Å²) in [6, 6.07) is 22.3. The summed E-state index contributed by atoms with van der Waals surface area (Å²) in [5.41, 5.74) is 5.30. The van der Waals surface area contributed by atoms with Gasteiger partial charge in [0.25, 0.3) is 5.91 Å². The molecule has 0 bridgehead atoms. The fraction of sp³-hybridized carbons (Fsp3) is 0.375. The van der Waals surface area contributed by atoms with E-state index in [-0.39, 0.29) is 31.3 Å². The Bertz CT molecular complexity index is 1710. The average Bonchev–Trinajstić information content (AvgIpc) is 3.95. The maximum atomic E-state index is 13.5. The number of carbonyl (C=O) groups is 3. The van der Waals surface area contributed by atoms with Crippen LogP contribution in [0.4, 0.5) is 0 Å². The van der Waals surface area contributed by atoms with Crippen molar-refractivity contribution < 1.29 is 24.2 Å². The van der Waals surface area contributed by atoms with Crippen LogP contribution in [0, 0.1) is 5.92 Å². The predicted molar refractivity (Wildman–Crippen MR) is 188 cm³/mol. The van der Waals surface area contributed by atoms with Crippen molar-refractivity contribution in [2.75, 3.05) is 19.7 Å². The number of carbonyl (C=O) groups excluding carboxylic acids is 2. The molecule has 1 aliphatic carbocycles. The zero-order valence-electron chi connectivity index (χ0n) is 28.0. The summed E-state index contributed by atoms with van der Waals surface area (Å²) < 4.78 is 5.89. The number of hydrogen-bond donors (Lipinski definition) is 2. The Balaban J connectivity index is 1.07. The summed E-state index contributed by atoms with van der Waals surface area (Å²) in [5.74, 6) is -0.0987. The second-order valence-electron chi connectivity index (χ2n) is 13.2. The van der Waals surface area contributed by atoms with E-state index in [4.69, 9.17) is 4.74 Å². The topological polar surface area (TPSA) is 122 Å². The van der Waals surface area contributed by atoms with Crippen molar-refractivity contribution in [1.82, 2.24) is 20.2 Å². The largest absolute Gasteiger partial charge is 0.494 e. The van der Waals surface area contributed by atoms with Crippen molar-refractivity contribution in [2.45, 2.75) is 70.3 Å². The molecule has 1 aliphatic heterocycles. The second-order valence-corrected chi connectivity index (χ2v) is 13.2. The number of amides is 2. The quantitative estimate of drug-likeness (QED) is 0.125. The van der Waals surface area contributed by atoms with Crippen LogP contribution in [-0.2, 0) is 16.0 Å². The van der Waals surface area contributed by atoms with Gasteiger partial charge in [-0.05, 0) is 66.1 Å². The lowest BCUT2D eigenvalue weighted by molar-refractivity contribution is -0.153. The SMILES string of the molecule is CCCCCCCOc1ccc(-c2cnc(-c3ccc(C[C@H](NC(=O)c4ccc(C5CC5)cc4)C(=O)N4CC(C(=O)O)C4)cc3)nc2)cc1. The molecule has 1 saturated carbocycles.